The third kappa shape index (κ3) is 8.57. The van der Waals surface area contributed by atoms with Crippen molar-refractivity contribution in [2.24, 2.45) is 0 Å². The van der Waals surface area contributed by atoms with E-state index >= 15 is 0 Å². The second-order valence-corrected chi connectivity index (χ2v) is 9.09. The van der Waals surface area contributed by atoms with Gasteiger partial charge in [-0.1, -0.05) is 18.2 Å². The van der Waals surface area contributed by atoms with Crippen molar-refractivity contribution in [3.8, 4) is 5.75 Å². The predicted molar refractivity (Wildman–Crippen MR) is 128 cm³/mol. The van der Waals surface area contributed by atoms with Crippen molar-refractivity contribution in [3.63, 3.8) is 0 Å². The molecule has 0 aliphatic carbocycles. The molecule has 36 heavy (non-hydrogen) atoms. The predicted octanol–water partition coefficient (Wildman–Crippen LogP) is 6.61. The van der Waals surface area contributed by atoms with E-state index in [1.165, 1.54) is 18.4 Å². The molecule has 0 aliphatic rings. The van der Waals surface area contributed by atoms with E-state index in [4.69, 9.17) is 18.6 Å². The van der Waals surface area contributed by atoms with Crippen LogP contribution in [0.25, 0.3) is 12.2 Å². The molecule has 3 rings (SSSR count). The number of halogens is 3. The van der Waals surface area contributed by atoms with Crippen LogP contribution in [0.4, 0.5) is 13.2 Å². The molecule has 3 aromatic rings. The first-order chi connectivity index (χ1) is 16.9. The molecule has 0 spiro atoms. The molecule has 6 nitrogen and oxygen atoms in total. The highest BCUT2D eigenvalue weighted by Gasteiger charge is 2.29. The van der Waals surface area contributed by atoms with Gasteiger partial charge >= 0.3 is 12.1 Å². The minimum atomic E-state index is -4.37. The fourth-order valence-corrected chi connectivity index (χ4v) is 3.11. The van der Waals surface area contributed by atoms with Crippen LogP contribution >= 0.6 is 0 Å². The SMILES string of the molecule is Cc1cc(OCc2coc(/C=C/c3ccc(C(F)(F)F)cc3)n2)ccc1COCC(=O)OC(C)(C)C. The van der Waals surface area contributed by atoms with Gasteiger partial charge in [0.1, 0.15) is 36.5 Å². The molecule has 0 amide bonds. The standard InChI is InChI=1S/C27H28F3NO5/c1-18-13-23(11-8-20(18)14-33-17-25(32)36-26(2,3)4)34-15-22-16-35-24(31-22)12-7-19-5-9-21(10-6-19)27(28,29)30/h5-13,16H,14-15,17H2,1-4H3/b12-7+. The third-order valence-corrected chi connectivity index (χ3v) is 4.82. The number of hydrogen-bond donors (Lipinski definition) is 0. The lowest BCUT2D eigenvalue weighted by molar-refractivity contribution is -0.160. The summed E-state index contributed by atoms with van der Waals surface area (Å²) in [6.45, 7) is 7.62. The normalized spacial score (nSPS) is 12.2. The molecule has 0 N–H and O–H groups in total. The van der Waals surface area contributed by atoms with Gasteiger partial charge in [0.05, 0.1) is 12.2 Å². The fraction of sp³-hybridized carbons (Fsp3) is 0.333. The fourth-order valence-electron chi connectivity index (χ4n) is 3.11. The third-order valence-electron chi connectivity index (χ3n) is 4.82. The molecule has 0 radical (unpaired) electrons. The van der Waals surface area contributed by atoms with Gasteiger partial charge in [-0.2, -0.15) is 13.2 Å². The number of oxazole rings is 1. The van der Waals surface area contributed by atoms with Gasteiger partial charge in [-0.05, 0) is 74.7 Å². The summed E-state index contributed by atoms with van der Waals surface area (Å²) in [6, 6.07) is 10.3. The Hall–Kier alpha value is -3.59. The molecular weight excluding hydrogens is 475 g/mol. The van der Waals surface area contributed by atoms with Gasteiger partial charge in [-0.15, -0.1) is 0 Å². The van der Waals surface area contributed by atoms with Gasteiger partial charge < -0.3 is 18.6 Å². The minimum absolute atomic E-state index is 0.128. The highest BCUT2D eigenvalue weighted by atomic mass is 19.4. The topological polar surface area (TPSA) is 70.8 Å². The zero-order chi connectivity index (χ0) is 26.3. The molecule has 0 aliphatic heterocycles. The van der Waals surface area contributed by atoms with Crippen LogP contribution in [-0.4, -0.2) is 23.2 Å². The van der Waals surface area contributed by atoms with Gasteiger partial charge in [0.25, 0.3) is 0 Å². The van der Waals surface area contributed by atoms with E-state index in [9.17, 15) is 18.0 Å². The smallest absolute Gasteiger partial charge is 0.416 e. The first-order valence-corrected chi connectivity index (χ1v) is 11.2. The van der Waals surface area contributed by atoms with Crippen molar-refractivity contribution >= 4 is 18.1 Å². The molecule has 0 fully saturated rings. The van der Waals surface area contributed by atoms with E-state index in [0.29, 0.717) is 22.9 Å². The van der Waals surface area contributed by atoms with Gasteiger partial charge in [-0.3, -0.25) is 0 Å². The average molecular weight is 504 g/mol. The van der Waals surface area contributed by atoms with Crippen molar-refractivity contribution in [1.29, 1.82) is 0 Å². The van der Waals surface area contributed by atoms with E-state index in [1.807, 2.05) is 19.1 Å². The number of nitrogens with zero attached hydrogens (tertiary/aromatic N) is 1. The van der Waals surface area contributed by atoms with Gasteiger partial charge in [0.2, 0.25) is 5.89 Å². The van der Waals surface area contributed by atoms with Crippen LogP contribution in [0.2, 0.25) is 0 Å². The molecule has 1 heterocycles. The maximum Gasteiger partial charge on any atom is 0.416 e. The Bertz CT molecular complexity index is 1190. The van der Waals surface area contributed by atoms with Crippen LogP contribution < -0.4 is 4.74 Å². The number of benzene rings is 2. The molecule has 0 unspecified atom stereocenters. The molecule has 2 aromatic carbocycles. The highest BCUT2D eigenvalue weighted by Crippen LogP contribution is 2.29. The zero-order valence-electron chi connectivity index (χ0n) is 20.5. The summed E-state index contributed by atoms with van der Waals surface area (Å²) in [5.41, 5.74) is 1.75. The summed E-state index contributed by atoms with van der Waals surface area (Å²) < 4.78 is 59.8. The van der Waals surface area contributed by atoms with Crippen LogP contribution in [-0.2, 0) is 33.7 Å². The van der Waals surface area contributed by atoms with Crippen molar-refractivity contribution in [3.05, 3.63) is 82.6 Å². The lowest BCUT2D eigenvalue weighted by atomic mass is 10.1. The molecule has 192 valence electrons. The quantitative estimate of drug-likeness (QED) is 0.306. The summed E-state index contributed by atoms with van der Waals surface area (Å²) in [5.74, 6) is 0.525. The van der Waals surface area contributed by atoms with Crippen molar-refractivity contribution in [2.75, 3.05) is 6.61 Å². The zero-order valence-corrected chi connectivity index (χ0v) is 20.5. The molecule has 9 heteroatoms. The Morgan fingerprint density at radius 1 is 1.03 bits per heavy atom. The maximum atomic E-state index is 12.7. The number of esters is 1. The summed E-state index contributed by atoms with van der Waals surface area (Å²) in [6.07, 6.45) is 0.276. The number of rotatable bonds is 9. The largest absolute Gasteiger partial charge is 0.487 e. The van der Waals surface area contributed by atoms with E-state index in [-0.39, 0.29) is 19.8 Å². The van der Waals surface area contributed by atoms with E-state index in [1.54, 1.807) is 39.0 Å². The van der Waals surface area contributed by atoms with Crippen molar-refractivity contribution in [1.82, 2.24) is 4.98 Å². The summed E-state index contributed by atoms with van der Waals surface area (Å²) in [5, 5.41) is 0. The van der Waals surface area contributed by atoms with E-state index in [2.05, 4.69) is 4.98 Å². The second-order valence-electron chi connectivity index (χ2n) is 9.09. The first kappa shape index (κ1) is 27.0. The van der Waals surface area contributed by atoms with Gasteiger partial charge in [-0.25, -0.2) is 9.78 Å². The molecule has 0 bridgehead atoms. The molecule has 0 atom stereocenters. The van der Waals surface area contributed by atoms with Crippen LogP contribution in [0.3, 0.4) is 0 Å². The lowest BCUT2D eigenvalue weighted by Crippen LogP contribution is -2.26. The monoisotopic (exact) mass is 503 g/mol. The first-order valence-electron chi connectivity index (χ1n) is 11.2. The van der Waals surface area contributed by atoms with E-state index < -0.39 is 23.3 Å². The van der Waals surface area contributed by atoms with Gasteiger partial charge in [0, 0.05) is 6.08 Å². The molecule has 0 saturated heterocycles. The van der Waals surface area contributed by atoms with Crippen LogP contribution in [0.5, 0.6) is 5.75 Å². The Morgan fingerprint density at radius 2 is 1.75 bits per heavy atom. The van der Waals surface area contributed by atoms with Crippen LogP contribution in [0, 0.1) is 6.92 Å². The molecule has 0 saturated carbocycles. The number of carbonyl (C=O) groups is 1. The Kier molecular flexibility index (Phi) is 8.57. The lowest BCUT2D eigenvalue weighted by Gasteiger charge is -2.19. The Morgan fingerprint density at radius 3 is 2.39 bits per heavy atom. The number of aryl methyl sites for hydroxylation is 1. The number of alkyl halides is 3. The number of ether oxygens (including phenoxy) is 3. The van der Waals surface area contributed by atoms with Gasteiger partial charge in [0.15, 0.2) is 0 Å². The minimum Gasteiger partial charge on any atom is -0.487 e. The summed E-state index contributed by atoms with van der Waals surface area (Å²) >= 11 is 0. The van der Waals surface area contributed by atoms with Crippen molar-refractivity contribution < 1.29 is 36.6 Å². The highest BCUT2D eigenvalue weighted by molar-refractivity contribution is 5.71. The van der Waals surface area contributed by atoms with Crippen LogP contribution in [0.1, 0.15) is 54.6 Å². The Balaban J connectivity index is 1.48. The van der Waals surface area contributed by atoms with Crippen LogP contribution in [0.15, 0.2) is 53.1 Å². The number of carbonyl (C=O) groups excluding carboxylic acids is 1. The molecule has 1 aromatic heterocycles. The number of hydrogen-bond acceptors (Lipinski definition) is 6. The summed E-state index contributed by atoms with van der Waals surface area (Å²) in [7, 11) is 0. The molecular formula is C27H28F3NO5. The second kappa shape index (κ2) is 11.4. The van der Waals surface area contributed by atoms with E-state index in [0.717, 1.165) is 23.3 Å². The number of aromatic nitrogens is 1. The Labute approximate surface area is 207 Å². The summed E-state index contributed by atoms with van der Waals surface area (Å²) in [4.78, 5) is 16.0. The van der Waals surface area contributed by atoms with Crippen molar-refractivity contribution in [2.45, 2.75) is 52.7 Å². The average Bonchev–Trinajstić information content (AvgIpc) is 3.24. The maximum absolute atomic E-state index is 12.7.